The first kappa shape index (κ1) is 11.1. The van der Waals surface area contributed by atoms with Crippen LogP contribution in [-0.2, 0) is 7.05 Å². The minimum Gasteiger partial charge on any atom is -0.363 e. The number of nitrogens with one attached hydrogen (secondary N) is 1. The van der Waals surface area contributed by atoms with Gasteiger partial charge in [0.15, 0.2) is 0 Å². The molecular formula is C15H17N3. The van der Waals surface area contributed by atoms with E-state index in [1.54, 1.807) is 0 Å². The highest BCUT2D eigenvalue weighted by Crippen LogP contribution is 2.35. The molecule has 1 aliphatic heterocycles. The Morgan fingerprint density at radius 1 is 1.33 bits per heavy atom. The highest BCUT2D eigenvalue weighted by atomic mass is 15.3. The standard InChI is InChI=1S/C15H17N3/c1-10-8-9-12(11(2)16-10)15-13-6-4-5-7-14(13)18(3)17-15/h4-7,12,16H,1-2,8-9H2,3H3. The van der Waals surface area contributed by atoms with Crippen LogP contribution in [0.4, 0.5) is 0 Å². The van der Waals surface area contributed by atoms with Crippen molar-refractivity contribution in [2.24, 2.45) is 7.05 Å². The Bertz CT molecular complexity index is 636. The minimum atomic E-state index is 0.279. The quantitative estimate of drug-likeness (QED) is 0.829. The van der Waals surface area contributed by atoms with Crippen molar-refractivity contribution in [1.82, 2.24) is 15.1 Å². The summed E-state index contributed by atoms with van der Waals surface area (Å²) in [6, 6.07) is 8.34. The molecule has 2 aromatic rings. The third-order valence-electron chi connectivity index (χ3n) is 3.61. The zero-order valence-corrected chi connectivity index (χ0v) is 10.6. The molecule has 0 saturated carbocycles. The van der Waals surface area contributed by atoms with Gasteiger partial charge in [0.1, 0.15) is 0 Å². The highest BCUT2D eigenvalue weighted by Gasteiger charge is 2.25. The molecule has 1 atom stereocenters. The van der Waals surface area contributed by atoms with Gasteiger partial charge in [-0.25, -0.2) is 0 Å². The molecule has 0 spiro atoms. The first-order chi connectivity index (χ1) is 8.66. The molecule has 1 fully saturated rings. The number of piperidine rings is 1. The van der Waals surface area contributed by atoms with Gasteiger partial charge in [0.05, 0.1) is 11.2 Å². The van der Waals surface area contributed by atoms with E-state index in [-0.39, 0.29) is 5.92 Å². The van der Waals surface area contributed by atoms with Crippen LogP contribution in [0.2, 0.25) is 0 Å². The zero-order valence-electron chi connectivity index (χ0n) is 10.6. The number of hydrogen-bond acceptors (Lipinski definition) is 2. The molecule has 18 heavy (non-hydrogen) atoms. The van der Waals surface area contributed by atoms with Gasteiger partial charge in [-0.15, -0.1) is 0 Å². The second-order valence-corrected chi connectivity index (χ2v) is 4.87. The monoisotopic (exact) mass is 239 g/mol. The summed E-state index contributed by atoms with van der Waals surface area (Å²) in [5.74, 6) is 0.279. The lowest BCUT2D eigenvalue weighted by atomic mass is 9.90. The fourth-order valence-electron chi connectivity index (χ4n) is 2.67. The lowest BCUT2D eigenvalue weighted by Crippen LogP contribution is -2.23. The minimum absolute atomic E-state index is 0.279. The SMILES string of the molecule is C=C1CCC(c2nn(C)c3ccccc23)C(=C)N1. The molecule has 0 radical (unpaired) electrons. The van der Waals surface area contributed by atoms with Gasteiger partial charge in [-0.05, 0) is 18.9 Å². The van der Waals surface area contributed by atoms with Crippen LogP contribution in [0.15, 0.2) is 48.8 Å². The molecule has 0 bridgehead atoms. The van der Waals surface area contributed by atoms with E-state index in [0.29, 0.717) is 0 Å². The molecule has 1 N–H and O–H groups in total. The molecule has 2 heterocycles. The summed E-state index contributed by atoms with van der Waals surface area (Å²) < 4.78 is 1.95. The van der Waals surface area contributed by atoms with Crippen molar-refractivity contribution in [2.75, 3.05) is 0 Å². The van der Waals surface area contributed by atoms with Crippen LogP contribution >= 0.6 is 0 Å². The smallest absolute Gasteiger partial charge is 0.0792 e. The Balaban J connectivity index is 2.09. The van der Waals surface area contributed by atoms with Gasteiger partial charge in [-0.3, -0.25) is 4.68 Å². The Morgan fingerprint density at radius 3 is 2.89 bits per heavy atom. The average Bonchev–Trinajstić information content (AvgIpc) is 2.68. The van der Waals surface area contributed by atoms with E-state index >= 15 is 0 Å². The van der Waals surface area contributed by atoms with Crippen molar-refractivity contribution in [2.45, 2.75) is 18.8 Å². The van der Waals surface area contributed by atoms with Crippen LogP contribution in [-0.4, -0.2) is 9.78 Å². The summed E-state index contributed by atoms with van der Waals surface area (Å²) in [7, 11) is 1.99. The number of aromatic nitrogens is 2. The number of aryl methyl sites for hydroxylation is 1. The Hall–Kier alpha value is -2.03. The molecule has 3 rings (SSSR count). The molecule has 92 valence electrons. The Labute approximate surface area is 107 Å². The summed E-state index contributed by atoms with van der Waals surface area (Å²) in [6.45, 7) is 8.08. The van der Waals surface area contributed by atoms with E-state index in [9.17, 15) is 0 Å². The number of para-hydroxylation sites is 1. The second kappa shape index (κ2) is 4.02. The van der Waals surface area contributed by atoms with E-state index in [1.807, 2.05) is 17.8 Å². The average molecular weight is 239 g/mol. The van der Waals surface area contributed by atoms with E-state index < -0.39 is 0 Å². The van der Waals surface area contributed by atoms with Crippen LogP contribution in [0.3, 0.4) is 0 Å². The summed E-state index contributed by atoms with van der Waals surface area (Å²) >= 11 is 0. The Morgan fingerprint density at radius 2 is 2.11 bits per heavy atom. The van der Waals surface area contributed by atoms with E-state index in [0.717, 1.165) is 29.9 Å². The van der Waals surface area contributed by atoms with Crippen molar-refractivity contribution < 1.29 is 0 Å². The molecule has 3 nitrogen and oxygen atoms in total. The molecule has 1 aromatic heterocycles. The summed E-state index contributed by atoms with van der Waals surface area (Å²) in [5.41, 5.74) is 4.36. The van der Waals surface area contributed by atoms with Gasteiger partial charge in [0.25, 0.3) is 0 Å². The third kappa shape index (κ3) is 1.63. The van der Waals surface area contributed by atoms with Gasteiger partial charge >= 0.3 is 0 Å². The Kier molecular flexibility index (Phi) is 2.47. The molecule has 0 aliphatic carbocycles. The van der Waals surface area contributed by atoms with Gasteiger partial charge in [0, 0.05) is 29.7 Å². The number of hydrogen-bond donors (Lipinski definition) is 1. The van der Waals surface area contributed by atoms with Crippen LogP contribution < -0.4 is 5.32 Å². The van der Waals surface area contributed by atoms with Crippen LogP contribution in [0.25, 0.3) is 10.9 Å². The maximum Gasteiger partial charge on any atom is 0.0792 e. The third-order valence-corrected chi connectivity index (χ3v) is 3.61. The van der Waals surface area contributed by atoms with Crippen LogP contribution in [0, 0.1) is 0 Å². The van der Waals surface area contributed by atoms with Gasteiger partial charge in [-0.1, -0.05) is 31.4 Å². The highest BCUT2D eigenvalue weighted by molar-refractivity contribution is 5.82. The first-order valence-electron chi connectivity index (χ1n) is 6.22. The number of nitrogens with zero attached hydrogens (tertiary/aromatic N) is 2. The lowest BCUT2D eigenvalue weighted by molar-refractivity contribution is 0.575. The number of allylic oxidation sites excluding steroid dienone is 2. The maximum absolute atomic E-state index is 4.68. The predicted octanol–water partition coefficient (Wildman–Crippen LogP) is 3.07. The molecule has 1 aromatic carbocycles. The zero-order chi connectivity index (χ0) is 12.7. The molecule has 1 aliphatic rings. The van der Waals surface area contributed by atoms with E-state index in [2.05, 4.69) is 41.8 Å². The summed E-state index contributed by atoms with van der Waals surface area (Å²) in [5, 5.41) is 9.16. The molecule has 3 heteroatoms. The van der Waals surface area contributed by atoms with Crippen molar-refractivity contribution in [1.29, 1.82) is 0 Å². The van der Waals surface area contributed by atoms with Gasteiger partial charge in [0.2, 0.25) is 0 Å². The summed E-state index contributed by atoms with van der Waals surface area (Å²) in [4.78, 5) is 0. The number of benzene rings is 1. The van der Waals surface area contributed by atoms with Crippen molar-refractivity contribution in [3.63, 3.8) is 0 Å². The number of rotatable bonds is 1. The van der Waals surface area contributed by atoms with Crippen LogP contribution in [0.1, 0.15) is 24.5 Å². The number of fused-ring (bicyclic) bond motifs is 1. The topological polar surface area (TPSA) is 29.9 Å². The van der Waals surface area contributed by atoms with Gasteiger partial charge in [-0.2, -0.15) is 5.10 Å². The fraction of sp³-hybridized carbons (Fsp3) is 0.267. The van der Waals surface area contributed by atoms with Gasteiger partial charge < -0.3 is 5.32 Å². The normalized spacial score (nSPS) is 20.2. The van der Waals surface area contributed by atoms with Crippen molar-refractivity contribution in [3.8, 4) is 0 Å². The van der Waals surface area contributed by atoms with E-state index in [1.165, 1.54) is 10.9 Å². The molecule has 0 amide bonds. The van der Waals surface area contributed by atoms with E-state index in [4.69, 9.17) is 0 Å². The first-order valence-corrected chi connectivity index (χ1v) is 6.22. The van der Waals surface area contributed by atoms with Crippen molar-refractivity contribution in [3.05, 3.63) is 54.5 Å². The lowest BCUT2D eigenvalue weighted by Gasteiger charge is -2.26. The van der Waals surface area contributed by atoms with Crippen LogP contribution in [0.5, 0.6) is 0 Å². The maximum atomic E-state index is 4.68. The molecule has 1 unspecified atom stereocenters. The van der Waals surface area contributed by atoms with Crippen molar-refractivity contribution >= 4 is 10.9 Å². The summed E-state index contributed by atoms with van der Waals surface area (Å²) in [6.07, 6.45) is 2.01. The fourth-order valence-corrected chi connectivity index (χ4v) is 2.67. The second-order valence-electron chi connectivity index (χ2n) is 4.87. The molecule has 1 saturated heterocycles. The predicted molar refractivity (Wildman–Crippen MR) is 74.1 cm³/mol. The molecular weight excluding hydrogens is 222 g/mol. The largest absolute Gasteiger partial charge is 0.363 e.